The van der Waals surface area contributed by atoms with E-state index in [1.807, 2.05) is 0 Å². The van der Waals surface area contributed by atoms with Gasteiger partial charge in [0.05, 0.1) is 12.0 Å². The third-order valence-electron chi connectivity index (χ3n) is 7.96. The summed E-state index contributed by atoms with van der Waals surface area (Å²) in [5.74, 6) is 0.113. The van der Waals surface area contributed by atoms with E-state index >= 15 is 0 Å². The quantitative estimate of drug-likeness (QED) is 0.739. The first-order valence-electron chi connectivity index (χ1n) is 12.2. The Morgan fingerprint density at radius 1 is 1.26 bits per heavy atom. The molecule has 5 heteroatoms. The van der Waals surface area contributed by atoms with Crippen molar-refractivity contribution in [1.29, 1.82) is 0 Å². The van der Waals surface area contributed by atoms with Gasteiger partial charge in [-0.15, -0.1) is 0 Å². The molecule has 31 heavy (non-hydrogen) atoms. The summed E-state index contributed by atoms with van der Waals surface area (Å²) in [6, 6.07) is 7.56. The summed E-state index contributed by atoms with van der Waals surface area (Å²) in [5.41, 5.74) is 4.17. The Labute approximate surface area is 185 Å². The number of carbonyl (C=O) groups is 1. The zero-order valence-corrected chi connectivity index (χ0v) is 19.1. The number of likely N-dealkylation sites (tertiary alicyclic amines) is 1. The standard InChI is InChI=1S/C26H36N2O3/c1-4-27-14-18(26(30)31-24-11-6-5-10-23(24)29)12-20-19-8-7-9-21-25(19)17(13-22(20)27)15-28(21)16(2)3/h7-9,15-16,18,20,22-24,29H,4-6,10-14H2,1-3H3/t18-,20?,22-,23?,24?/m1/s1. The zero-order valence-electron chi connectivity index (χ0n) is 19.1. The van der Waals surface area contributed by atoms with Crippen LogP contribution in [0.3, 0.4) is 0 Å². The van der Waals surface area contributed by atoms with Gasteiger partial charge in [-0.25, -0.2) is 0 Å². The van der Waals surface area contributed by atoms with Gasteiger partial charge >= 0.3 is 5.97 Å². The van der Waals surface area contributed by atoms with Crippen LogP contribution in [0.5, 0.6) is 0 Å². The van der Waals surface area contributed by atoms with Crippen LogP contribution < -0.4 is 0 Å². The van der Waals surface area contributed by atoms with E-state index in [-0.39, 0.29) is 18.0 Å². The fraction of sp³-hybridized carbons (Fsp3) is 0.654. The molecule has 0 amide bonds. The Morgan fingerprint density at radius 2 is 2.06 bits per heavy atom. The molecular formula is C26H36N2O3. The van der Waals surface area contributed by atoms with Crippen molar-refractivity contribution in [2.45, 2.75) is 89.5 Å². The van der Waals surface area contributed by atoms with Crippen LogP contribution in [0, 0.1) is 5.92 Å². The molecule has 1 N–H and O–H groups in total. The molecule has 1 aromatic heterocycles. The van der Waals surface area contributed by atoms with Crippen molar-refractivity contribution < 1.29 is 14.6 Å². The molecule has 2 fully saturated rings. The number of benzene rings is 1. The lowest BCUT2D eigenvalue weighted by molar-refractivity contribution is -0.165. The molecule has 5 rings (SSSR count). The lowest BCUT2D eigenvalue weighted by atomic mass is 9.72. The van der Waals surface area contributed by atoms with E-state index < -0.39 is 6.10 Å². The number of aliphatic hydroxyl groups excluding tert-OH is 1. The highest BCUT2D eigenvalue weighted by atomic mass is 16.6. The molecule has 0 bridgehead atoms. The first-order chi connectivity index (χ1) is 15.0. The number of aliphatic hydroxyl groups is 1. The topological polar surface area (TPSA) is 54.7 Å². The minimum atomic E-state index is -0.502. The van der Waals surface area contributed by atoms with Gasteiger partial charge in [0.2, 0.25) is 0 Å². The number of aromatic nitrogens is 1. The number of nitrogens with zero attached hydrogens (tertiary/aromatic N) is 2. The van der Waals surface area contributed by atoms with E-state index in [4.69, 9.17) is 4.74 Å². The summed E-state index contributed by atoms with van der Waals surface area (Å²) >= 11 is 0. The molecule has 0 spiro atoms. The largest absolute Gasteiger partial charge is 0.459 e. The second-order valence-electron chi connectivity index (χ2n) is 10.1. The van der Waals surface area contributed by atoms with E-state index in [2.05, 4.69) is 54.6 Å². The Hall–Kier alpha value is -1.85. The SMILES string of the molecule is CCN1C[C@H](C(=O)OC2CCCCC2O)CC2c3cccc4c3c(cn4C(C)C)C[C@H]21. The minimum Gasteiger partial charge on any atom is -0.459 e. The van der Waals surface area contributed by atoms with Gasteiger partial charge in [-0.1, -0.05) is 25.5 Å². The van der Waals surface area contributed by atoms with Gasteiger partial charge < -0.3 is 14.4 Å². The van der Waals surface area contributed by atoms with E-state index in [0.29, 0.717) is 18.0 Å². The number of fused-ring (bicyclic) bond motifs is 2. The maximum atomic E-state index is 13.2. The first-order valence-corrected chi connectivity index (χ1v) is 12.2. The van der Waals surface area contributed by atoms with E-state index in [1.165, 1.54) is 22.0 Å². The van der Waals surface area contributed by atoms with Crippen molar-refractivity contribution in [2.75, 3.05) is 13.1 Å². The average Bonchev–Trinajstić information content (AvgIpc) is 3.15. The number of hydrogen-bond acceptors (Lipinski definition) is 4. The van der Waals surface area contributed by atoms with Crippen molar-refractivity contribution in [3.63, 3.8) is 0 Å². The normalized spacial score (nSPS) is 31.1. The van der Waals surface area contributed by atoms with Crippen molar-refractivity contribution in [1.82, 2.24) is 9.47 Å². The molecule has 5 atom stereocenters. The van der Waals surface area contributed by atoms with Crippen molar-refractivity contribution in [3.8, 4) is 0 Å². The third-order valence-corrected chi connectivity index (χ3v) is 7.96. The summed E-state index contributed by atoms with van der Waals surface area (Å²) in [6.45, 7) is 8.38. The Bertz CT molecular complexity index is 965. The van der Waals surface area contributed by atoms with Gasteiger partial charge in [-0.2, -0.15) is 0 Å². The molecule has 2 aromatic rings. The smallest absolute Gasteiger partial charge is 0.310 e. The van der Waals surface area contributed by atoms with E-state index in [0.717, 1.165) is 51.6 Å². The molecule has 3 aliphatic rings. The summed E-state index contributed by atoms with van der Waals surface area (Å²) < 4.78 is 8.27. The van der Waals surface area contributed by atoms with Gasteiger partial charge in [-0.3, -0.25) is 9.69 Å². The van der Waals surface area contributed by atoms with Gasteiger partial charge in [0, 0.05) is 41.6 Å². The van der Waals surface area contributed by atoms with Gasteiger partial charge in [0.1, 0.15) is 6.10 Å². The molecule has 1 aliphatic heterocycles. The predicted molar refractivity (Wildman–Crippen MR) is 122 cm³/mol. The molecular weight excluding hydrogens is 388 g/mol. The molecule has 2 heterocycles. The third kappa shape index (κ3) is 3.60. The Kier molecular flexibility index (Phi) is 5.59. The van der Waals surface area contributed by atoms with Crippen molar-refractivity contribution in [2.24, 2.45) is 5.92 Å². The second-order valence-corrected chi connectivity index (χ2v) is 10.1. The number of ether oxygens (including phenoxy) is 1. The number of hydrogen-bond donors (Lipinski definition) is 1. The highest BCUT2D eigenvalue weighted by molar-refractivity contribution is 5.89. The maximum absolute atomic E-state index is 13.2. The van der Waals surface area contributed by atoms with Crippen LogP contribution in [0.4, 0.5) is 0 Å². The summed E-state index contributed by atoms with van der Waals surface area (Å²) in [6.07, 6.45) is 7.00. The predicted octanol–water partition coefficient (Wildman–Crippen LogP) is 4.42. The number of esters is 1. The van der Waals surface area contributed by atoms with Crippen LogP contribution in [0.1, 0.15) is 76.0 Å². The van der Waals surface area contributed by atoms with Gasteiger partial charge in [0.25, 0.3) is 0 Å². The minimum absolute atomic E-state index is 0.111. The van der Waals surface area contributed by atoms with Crippen LogP contribution in [-0.4, -0.2) is 51.9 Å². The molecule has 1 aromatic carbocycles. The van der Waals surface area contributed by atoms with Gasteiger partial charge in [0.15, 0.2) is 0 Å². The maximum Gasteiger partial charge on any atom is 0.310 e. The number of likely N-dealkylation sites (N-methyl/N-ethyl adjacent to an activating group) is 1. The van der Waals surface area contributed by atoms with Crippen LogP contribution >= 0.6 is 0 Å². The molecule has 1 saturated heterocycles. The van der Waals surface area contributed by atoms with Crippen LogP contribution in [0.2, 0.25) is 0 Å². The lowest BCUT2D eigenvalue weighted by Gasteiger charge is -2.46. The Morgan fingerprint density at radius 3 is 2.81 bits per heavy atom. The summed E-state index contributed by atoms with van der Waals surface area (Å²) in [7, 11) is 0. The molecule has 1 saturated carbocycles. The highest BCUT2D eigenvalue weighted by Crippen LogP contribution is 2.46. The monoisotopic (exact) mass is 424 g/mol. The average molecular weight is 425 g/mol. The molecule has 168 valence electrons. The second kappa shape index (κ2) is 8.25. The first kappa shape index (κ1) is 21.0. The fourth-order valence-electron chi connectivity index (χ4n) is 6.35. The van der Waals surface area contributed by atoms with Crippen molar-refractivity contribution in [3.05, 3.63) is 35.5 Å². The Balaban J connectivity index is 1.45. The molecule has 5 nitrogen and oxygen atoms in total. The van der Waals surface area contributed by atoms with Crippen LogP contribution in [0.15, 0.2) is 24.4 Å². The molecule has 2 aliphatic carbocycles. The lowest BCUT2D eigenvalue weighted by Crippen LogP contribution is -2.52. The van der Waals surface area contributed by atoms with Crippen LogP contribution in [-0.2, 0) is 16.0 Å². The van der Waals surface area contributed by atoms with Crippen molar-refractivity contribution >= 4 is 16.9 Å². The van der Waals surface area contributed by atoms with E-state index in [1.54, 1.807) is 0 Å². The fourth-order valence-corrected chi connectivity index (χ4v) is 6.35. The number of piperidine rings is 1. The van der Waals surface area contributed by atoms with Gasteiger partial charge in [-0.05, 0) is 69.7 Å². The number of carbonyl (C=O) groups excluding carboxylic acids is 1. The summed E-state index contributed by atoms with van der Waals surface area (Å²) in [4.78, 5) is 15.7. The summed E-state index contributed by atoms with van der Waals surface area (Å²) in [5, 5.41) is 11.7. The zero-order chi connectivity index (χ0) is 21.7. The van der Waals surface area contributed by atoms with E-state index in [9.17, 15) is 9.90 Å². The highest BCUT2D eigenvalue weighted by Gasteiger charge is 2.43. The number of rotatable bonds is 4. The molecule has 0 radical (unpaired) electrons. The molecule has 3 unspecified atom stereocenters. The van der Waals surface area contributed by atoms with Crippen LogP contribution in [0.25, 0.3) is 10.9 Å².